The Bertz CT molecular complexity index is 1400. The highest BCUT2D eigenvalue weighted by Gasteiger charge is 2.18. The van der Waals surface area contributed by atoms with Gasteiger partial charge in [-0.3, -0.25) is 10.1 Å². The fourth-order valence-corrected chi connectivity index (χ4v) is 4.31. The summed E-state index contributed by atoms with van der Waals surface area (Å²) < 4.78 is 0. The highest BCUT2D eigenvalue weighted by Crippen LogP contribution is 2.27. The van der Waals surface area contributed by atoms with Gasteiger partial charge in [0.1, 0.15) is 11.2 Å². The minimum atomic E-state index is 0.697. The smallest absolute Gasteiger partial charge is 0.180 e. The number of fused-ring (bicyclic) bond motifs is 1. The van der Waals surface area contributed by atoms with Crippen molar-refractivity contribution in [2.45, 2.75) is 33.1 Å². The van der Waals surface area contributed by atoms with Gasteiger partial charge in [-0.1, -0.05) is 12.7 Å². The van der Waals surface area contributed by atoms with Crippen LogP contribution in [0.4, 0.5) is 5.69 Å². The Kier molecular flexibility index (Phi) is 5.31. The molecular weight excluding hydrogens is 398 g/mol. The van der Waals surface area contributed by atoms with Crippen molar-refractivity contribution in [3.63, 3.8) is 0 Å². The van der Waals surface area contributed by atoms with Gasteiger partial charge >= 0.3 is 0 Å². The number of rotatable bonds is 4. The van der Waals surface area contributed by atoms with Crippen LogP contribution in [0.5, 0.6) is 0 Å². The van der Waals surface area contributed by atoms with Gasteiger partial charge in [0.05, 0.1) is 11.0 Å². The maximum Gasteiger partial charge on any atom is 0.180 e. The summed E-state index contributed by atoms with van der Waals surface area (Å²) in [6.45, 7) is 10.4. The normalized spacial score (nSPS) is 15.6. The first kappa shape index (κ1) is 20.2. The van der Waals surface area contributed by atoms with Gasteiger partial charge < -0.3 is 9.88 Å². The van der Waals surface area contributed by atoms with E-state index in [1.165, 1.54) is 19.3 Å². The van der Waals surface area contributed by atoms with Crippen molar-refractivity contribution >= 4 is 34.6 Å². The Morgan fingerprint density at radius 3 is 2.81 bits per heavy atom. The molecule has 0 aliphatic carbocycles. The number of allylic oxidation sites excluding steroid dienone is 1. The van der Waals surface area contributed by atoms with E-state index in [1.54, 1.807) is 0 Å². The van der Waals surface area contributed by atoms with E-state index in [4.69, 9.17) is 4.98 Å². The molecule has 0 spiro atoms. The molecule has 1 saturated heterocycles. The summed E-state index contributed by atoms with van der Waals surface area (Å²) in [6, 6.07) is 4.15. The lowest BCUT2D eigenvalue weighted by Crippen LogP contribution is -2.29. The molecule has 0 radical (unpaired) electrons. The monoisotopic (exact) mass is 425 g/mol. The van der Waals surface area contributed by atoms with Gasteiger partial charge in [-0.2, -0.15) is 5.10 Å². The molecule has 0 aromatic carbocycles. The summed E-state index contributed by atoms with van der Waals surface area (Å²) in [5, 5.41) is 9.57. The lowest BCUT2D eigenvalue weighted by Gasteiger charge is -2.28. The molecule has 0 bridgehead atoms. The topological polar surface area (TPSA) is 86.4 Å². The molecule has 0 atom stereocenters. The van der Waals surface area contributed by atoms with E-state index in [-0.39, 0.29) is 0 Å². The zero-order chi connectivity index (χ0) is 22.1. The van der Waals surface area contributed by atoms with Crippen LogP contribution in [0.15, 0.2) is 37.3 Å². The lowest BCUT2D eigenvalue weighted by atomic mass is 10.1. The highest BCUT2D eigenvalue weighted by molar-refractivity contribution is 5.90. The zero-order valence-electron chi connectivity index (χ0n) is 18.5. The third-order valence-electron chi connectivity index (χ3n) is 5.98. The summed E-state index contributed by atoms with van der Waals surface area (Å²) in [4.78, 5) is 19.5. The Morgan fingerprint density at radius 2 is 2.03 bits per heavy atom. The van der Waals surface area contributed by atoms with E-state index >= 15 is 0 Å². The second-order valence-corrected chi connectivity index (χ2v) is 8.27. The molecule has 0 saturated carbocycles. The first-order valence-electron chi connectivity index (χ1n) is 11.1. The number of aromatic amines is 2. The molecule has 1 aliphatic rings. The highest BCUT2D eigenvalue weighted by atomic mass is 15.2. The molecule has 162 valence electrons. The number of piperidine rings is 1. The number of H-pyrrole nitrogens is 2. The number of imidazole rings is 1. The third-order valence-corrected chi connectivity index (χ3v) is 5.98. The zero-order valence-corrected chi connectivity index (χ0v) is 18.5. The molecule has 4 aromatic heterocycles. The molecule has 1 fully saturated rings. The first-order chi connectivity index (χ1) is 15.6. The average Bonchev–Trinajstić information content (AvgIpc) is 3.43. The molecule has 1 aliphatic heterocycles. The summed E-state index contributed by atoms with van der Waals surface area (Å²) in [5.41, 5.74) is 6.53. The van der Waals surface area contributed by atoms with Crippen molar-refractivity contribution in [3.05, 3.63) is 59.0 Å². The standard InChI is InChI=1S/C25H27N7/c1-4-20-19(13-17(3)18-12-16(2)14-26-15-18)22(31-30-20)25-28-23-21(8-9-27-24(23)29-25)32-10-6-5-7-11-32/h4,8-9,12-15,30H,3,5-7,10-11H2,1-2H3,(H,27,28,29)/b19-13+,20-4+. The summed E-state index contributed by atoms with van der Waals surface area (Å²) in [7, 11) is 0. The van der Waals surface area contributed by atoms with Crippen LogP contribution in [0.2, 0.25) is 0 Å². The van der Waals surface area contributed by atoms with Crippen LogP contribution in [0.3, 0.4) is 0 Å². The number of aryl methyl sites for hydroxylation is 1. The van der Waals surface area contributed by atoms with Crippen molar-refractivity contribution < 1.29 is 0 Å². The molecule has 2 N–H and O–H groups in total. The van der Waals surface area contributed by atoms with Crippen LogP contribution in [0.25, 0.3) is 40.4 Å². The predicted octanol–water partition coefficient (Wildman–Crippen LogP) is 3.34. The number of hydrogen-bond acceptors (Lipinski definition) is 5. The van der Waals surface area contributed by atoms with E-state index < -0.39 is 0 Å². The fraction of sp³-hybridized carbons (Fsp3) is 0.280. The second-order valence-electron chi connectivity index (χ2n) is 8.27. The van der Waals surface area contributed by atoms with Crippen LogP contribution in [0, 0.1) is 6.92 Å². The SMILES string of the molecule is C=C(/C=c1/c(-c2nc3nccc(N4CCCCC4)c3[nH]2)n[nH]/c1=C/C)c1cncc(C)c1. The summed E-state index contributed by atoms with van der Waals surface area (Å²) >= 11 is 0. The Morgan fingerprint density at radius 1 is 1.19 bits per heavy atom. The van der Waals surface area contributed by atoms with Crippen LogP contribution in [-0.4, -0.2) is 43.2 Å². The van der Waals surface area contributed by atoms with Gasteiger partial charge in [0.15, 0.2) is 11.5 Å². The molecular formula is C25H27N7. The summed E-state index contributed by atoms with van der Waals surface area (Å²) in [6.07, 6.45) is 13.3. The lowest BCUT2D eigenvalue weighted by molar-refractivity contribution is 0.578. The van der Waals surface area contributed by atoms with Crippen molar-refractivity contribution in [2.75, 3.05) is 18.0 Å². The maximum atomic E-state index is 4.79. The Balaban J connectivity index is 1.62. The van der Waals surface area contributed by atoms with Crippen LogP contribution < -0.4 is 15.5 Å². The van der Waals surface area contributed by atoms with Gasteiger partial charge in [0.25, 0.3) is 0 Å². The quantitative estimate of drug-likeness (QED) is 0.524. The molecule has 7 nitrogen and oxygen atoms in total. The largest absolute Gasteiger partial charge is 0.370 e. The van der Waals surface area contributed by atoms with Gasteiger partial charge in [-0.05, 0) is 68.0 Å². The number of nitrogens with one attached hydrogen (secondary N) is 2. The number of anilines is 1. The Labute approximate surface area is 186 Å². The van der Waals surface area contributed by atoms with E-state index in [1.807, 2.05) is 44.6 Å². The minimum absolute atomic E-state index is 0.697. The maximum absolute atomic E-state index is 4.79. The second kappa shape index (κ2) is 8.42. The van der Waals surface area contributed by atoms with E-state index in [0.717, 1.165) is 57.3 Å². The van der Waals surface area contributed by atoms with Gasteiger partial charge in [0, 0.05) is 36.9 Å². The molecule has 0 amide bonds. The first-order valence-corrected chi connectivity index (χ1v) is 11.1. The van der Waals surface area contributed by atoms with Crippen LogP contribution >= 0.6 is 0 Å². The molecule has 5 heterocycles. The summed E-state index contributed by atoms with van der Waals surface area (Å²) in [5.74, 6) is 0.697. The molecule has 5 rings (SSSR count). The number of pyridine rings is 2. The Hall–Kier alpha value is -3.74. The molecule has 7 heteroatoms. The molecule has 4 aromatic rings. The number of nitrogens with zero attached hydrogens (tertiary/aromatic N) is 5. The molecule has 32 heavy (non-hydrogen) atoms. The van der Waals surface area contributed by atoms with E-state index in [9.17, 15) is 0 Å². The number of hydrogen-bond donors (Lipinski definition) is 2. The van der Waals surface area contributed by atoms with Crippen LogP contribution in [0.1, 0.15) is 37.3 Å². The van der Waals surface area contributed by atoms with Gasteiger partial charge in [-0.25, -0.2) is 9.97 Å². The van der Waals surface area contributed by atoms with Crippen molar-refractivity contribution in [3.8, 4) is 11.5 Å². The predicted molar refractivity (Wildman–Crippen MR) is 129 cm³/mol. The average molecular weight is 426 g/mol. The molecule has 0 unspecified atom stereocenters. The van der Waals surface area contributed by atoms with Crippen molar-refractivity contribution in [1.82, 2.24) is 30.1 Å². The fourth-order valence-electron chi connectivity index (χ4n) is 4.31. The van der Waals surface area contributed by atoms with E-state index in [2.05, 4.69) is 48.8 Å². The minimum Gasteiger partial charge on any atom is -0.370 e. The third kappa shape index (κ3) is 3.70. The van der Waals surface area contributed by atoms with Gasteiger partial charge in [-0.15, -0.1) is 0 Å². The van der Waals surface area contributed by atoms with E-state index in [0.29, 0.717) is 11.5 Å². The van der Waals surface area contributed by atoms with Crippen LogP contribution in [-0.2, 0) is 0 Å². The van der Waals surface area contributed by atoms with Crippen molar-refractivity contribution in [2.24, 2.45) is 0 Å². The van der Waals surface area contributed by atoms with Crippen molar-refractivity contribution in [1.29, 1.82) is 0 Å². The van der Waals surface area contributed by atoms with Gasteiger partial charge in [0.2, 0.25) is 0 Å². The number of aromatic nitrogens is 6.